The standard InChI is InChI=1S/C21H27N3O3/c1-14-7-5-6-12-23(14)21(27)22-15-10-11-17-18(13-15)20(26)24(19(17)25)16-8-3-2-4-9-16/h10-11,13-14,16H,2-9,12H2,1H3,(H,22,27). The average molecular weight is 369 g/mol. The summed E-state index contributed by atoms with van der Waals surface area (Å²) < 4.78 is 0. The lowest BCUT2D eigenvalue weighted by molar-refractivity contribution is 0.0549. The van der Waals surface area contributed by atoms with E-state index in [1.807, 2.05) is 4.90 Å². The molecule has 3 aliphatic rings. The highest BCUT2D eigenvalue weighted by molar-refractivity contribution is 6.22. The number of hydrogen-bond acceptors (Lipinski definition) is 3. The van der Waals surface area contributed by atoms with Crippen LogP contribution >= 0.6 is 0 Å². The minimum Gasteiger partial charge on any atom is -0.322 e. The van der Waals surface area contributed by atoms with E-state index in [-0.39, 0.29) is 29.9 Å². The number of anilines is 1. The van der Waals surface area contributed by atoms with Crippen molar-refractivity contribution in [2.45, 2.75) is 70.4 Å². The predicted octanol–water partition coefficient (Wildman–Crippen LogP) is 4.02. The lowest BCUT2D eigenvalue weighted by atomic mass is 9.94. The number of urea groups is 1. The fourth-order valence-corrected chi connectivity index (χ4v) is 4.60. The molecule has 1 aliphatic carbocycles. The maximum Gasteiger partial charge on any atom is 0.322 e. The van der Waals surface area contributed by atoms with Gasteiger partial charge in [0, 0.05) is 24.3 Å². The highest BCUT2D eigenvalue weighted by Crippen LogP contribution is 2.32. The number of rotatable bonds is 2. The van der Waals surface area contributed by atoms with Crippen molar-refractivity contribution in [3.8, 4) is 0 Å². The molecule has 2 fully saturated rings. The van der Waals surface area contributed by atoms with Crippen LogP contribution in [0.4, 0.5) is 10.5 Å². The van der Waals surface area contributed by atoms with E-state index in [4.69, 9.17) is 0 Å². The Labute approximate surface area is 159 Å². The lowest BCUT2D eigenvalue weighted by Crippen LogP contribution is -2.44. The summed E-state index contributed by atoms with van der Waals surface area (Å²) in [5, 5.41) is 2.91. The van der Waals surface area contributed by atoms with Crippen LogP contribution in [-0.4, -0.2) is 46.3 Å². The molecule has 0 radical (unpaired) electrons. The first kappa shape index (κ1) is 18.0. The molecule has 1 saturated heterocycles. The van der Waals surface area contributed by atoms with Gasteiger partial charge in [0.15, 0.2) is 0 Å². The number of hydrogen-bond donors (Lipinski definition) is 1. The number of carbonyl (C=O) groups excluding carboxylic acids is 3. The Kier molecular flexibility index (Phi) is 4.89. The van der Waals surface area contributed by atoms with Gasteiger partial charge in [-0.1, -0.05) is 19.3 Å². The first-order valence-electron chi connectivity index (χ1n) is 10.2. The Bertz CT molecular complexity index is 770. The van der Waals surface area contributed by atoms with Crippen LogP contribution in [0.5, 0.6) is 0 Å². The summed E-state index contributed by atoms with van der Waals surface area (Å²) in [5.74, 6) is -0.409. The predicted molar refractivity (Wildman–Crippen MR) is 103 cm³/mol. The number of likely N-dealkylation sites (tertiary alicyclic amines) is 1. The summed E-state index contributed by atoms with van der Waals surface area (Å²) in [6.07, 6.45) is 8.26. The molecule has 1 unspecified atom stereocenters. The SMILES string of the molecule is CC1CCCCN1C(=O)Nc1ccc2c(c1)C(=O)N(C1CCCCC1)C2=O. The van der Waals surface area contributed by atoms with Crippen molar-refractivity contribution in [3.05, 3.63) is 29.3 Å². The quantitative estimate of drug-likeness (QED) is 0.801. The minimum absolute atomic E-state index is 0.0124. The van der Waals surface area contributed by atoms with E-state index < -0.39 is 0 Å². The Hall–Kier alpha value is -2.37. The molecule has 0 bridgehead atoms. The molecule has 27 heavy (non-hydrogen) atoms. The summed E-state index contributed by atoms with van der Waals surface area (Å²) in [7, 11) is 0. The summed E-state index contributed by atoms with van der Waals surface area (Å²) in [5.41, 5.74) is 1.44. The molecule has 2 aliphatic heterocycles. The number of carbonyl (C=O) groups is 3. The smallest absolute Gasteiger partial charge is 0.322 e. The van der Waals surface area contributed by atoms with Crippen molar-refractivity contribution >= 4 is 23.5 Å². The maximum absolute atomic E-state index is 12.9. The molecule has 144 valence electrons. The molecule has 6 heteroatoms. The largest absolute Gasteiger partial charge is 0.322 e. The number of nitrogens with zero attached hydrogens (tertiary/aromatic N) is 2. The fraction of sp³-hybridized carbons (Fsp3) is 0.571. The van der Waals surface area contributed by atoms with Gasteiger partial charge in [0.05, 0.1) is 11.1 Å². The monoisotopic (exact) mass is 369 g/mol. The van der Waals surface area contributed by atoms with Crippen LogP contribution in [-0.2, 0) is 0 Å². The van der Waals surface area contributed by atoms with Crippen molar-refractivity contribution in [2.24, 2.45) is 0 Å². The van der Waals surface area contributed by atoms with Gasteiger partial charge in [-0.05, 0) is 57.2 Å². The normalized spacial score (nSPS) is 23.5. The third-order valence-corrected chi connectivity index (χ3v) is 6.17. The van der Waals surface area contributed by atoms with Gasteiger partial charge in [0.2, 0.25) is 0 Å². The highest BCUT2D eigenvalue weighted by Gasteiger charge is 2.40. The lowest BCUT2D eigenvalue weighted by Gasteiger charge is -2.33. The molecule has 1 aromatic carbocycles. The number of benzene rings is 1. The molecule has 0 aromatic heterocycles. The first-order valence-corrected chi connectivity index (χ1v) is 10.2. The Balaban J connectivity index is 1.51. The summed E-state index contributed by atoms with van der Waals surface area (Å²) in [4.78, 5) is 41.5. The zero-order chi connectivity index (χ0) is 19.0. The number of piperidine rings is 1. The van der Waals surface area contributed by atoms with E-state index in [1.165, 1.54) is 11.3 Å². The van der Waals surface area contributed by atoms with E-state index in [0.717, 1.165) is 51.5 Å². The van der Waals surface area contributed by atoms with E-state index in [0.29, 0.717) is 16.8 Å². The minimum atomic E-state index is -0.218. The van der Waals surface area contributed by atoms with Crippen LogP contribution in [0.3, 0.4) is 0 Å². The molecular formula is C21H27N3O3. The molecule has 0 spiro atoms. The van der Waals surface area contributed by atoms with Crippen molar-refractivity contribution < 1.29 is 14.4 Å². The number of amides is 4. The topological polar surface area (TPSA) is 69.7 Å². The van der Waals surface area contributed by atoms with E-state index in [1.54, 1.807) is 18.2 Å². The summed E-state index contributed by atoms with van der Waals surface area (Å²) in [6.45, 7) is 2.82. The van der Waals surface area contributed by atoms with Gasteiger partial charge >= 0.3 is 6.03 Å². The van der Waals surface area contributed by atoms with Gasteiger partial charge < -0.3 is 10.2 Å². The molecule has 4 rings (SSSR count). The van der Waals surface area contributed by atoms with Crippen LogP contribution in [0, 0.1) is 0 Å². The molecular weight excluding hydrogens is 342 g/mol. The van der Waals surface area contributed by atoms with Crippen LogP contribution in [0.2, 0.25) is 0 Å². The second-order valence-electron chi connectivity index (χ2n) is 8.00. The molecule has 1 saturated carbocycles. The summed E-state index contributed by atoms with van der Waals surface area (Å²) in [6, 6.07) is 5.15. The van der Waals surface area contributed by atoms with Gasteiger partial charge in [-0.15, -0.1) is 0 Å². The molecule has 1 aromatic rings. The Morgan fingerprint density at radius 2 is 1.67 bits per heavy atom. The van der Waals surface area contributed by atoms with Gasteiger partial charge in [0.1, 0.15) is 0 Å². The van der Waals surface area contributed by atoms with Crippen LogP contribution in [0.15, 0.2) is 18.2 Å². The van der Waals surface area contributed by atoms with Gasteiger partial charge in [-0.25, -0.2) is 4.79 Å². The number of imide groups is 1. The second kappa shape index (κ2) is 7.33. The second-order valence-corrected chi connectivity index (χ2v) is 8.00. The molecule has 1 N–H and O–H groups in total. The number of nitrogens with one attached hydrogen (secondary N) is 1. The highest BCUT2D eigenvalue weighted by atomic mass is 16.2. The van der Waals surface area contributed by atoms with Crippen LogP contribution < -0.4 is 5.32 Å². The molecule has 2 heterocycles. The fourth-order valence-electron chi connectivity index (χ4n) is 4.60. The van der Waals surface area contributed by atoms with E-state index in [2.05, 4.69) is 12.2 Å². The maximum atomic E-state index is 12.9. The van der Waals surface area contributed by atoms with Crippen molar-refractivity contribution in [1.29, 1.82) is 0 Å². The number of fused-ring (bicyclic) bond motifs is 1. The molecule has 4 amide bonds. The zero-order valence-electron chi connectivity index (χ0n) is 15.9. The van der Waals surface area contributed by atoms with Crippen LogP contribution in [0.25, 0.3) is 0 Å². The summed E-state index contributed by atoms with van der Waals surface area (Å²) >= 11 is 0. The van der Waals surface area contributed by atoms with Crippen LogP contribution in [0.1, 0.15) is 79.0 Å². The third-order valence-electron chi connectivity index (χ3n) is 6.17. The third kappa shape index (κ3) is 3.33. The molecule has 6 nitrogen and oxygen atoms in total. The molecule has 1 atom stereocenters. The Morgan fingerprint density at radius 3 is 2.41 bits per heavy atom. The first-order chi connectivity index (χ1) is 13.1. The van der Waals surface area contributed by atoms with Gasteiger partial charge in [-0.2, -0.15) is 0 Å². The van der Waals surface area contributed by atoms with E-state index in [9.17, 15) is 14.4 Å². The van der Waals surface area contributed by atoms with Gasteiger partial charge in [-0.3, -0.25) is 14.5 Å². The van der Waals surface area contributed by atoms with Crippen molar-refractivity contribution in [1.82, 2.24) is 9.80 Å². The Morgan fingerprint density at radius 1 is 0.963 bits per heavy atom. The average Bonchev–Trinajstić information content (AvgIpc) is 2.93. The zero-order valence-corrected chi connectivity index (χ0v) is 15.9. The van der Waals surface area contributed by atoms with Crippen molar-refractivity contribution in [3.63, 3.8) is 0 Å². The van der Waals surface area contributed by atoms with Gasteiger partial charge in [0.25, 0.3) is 11.8 Å². The van der Waals surface area contributed by atoms with E-state index >= 15 is 0 Å². The van der Waals surface area contributed by atoms with Crippen molar-refractivity contribution in [2.75, 3.05) is 11.9 Å².